The number of rotatable bonds is 7. The van der Waals surface area contributed by atoms with Gasteiger partial charge in [0.05, 0.1) is 27.0 Å². The highest BCUT2D eigenvalue weighted by Gasteiger charge is 2.34. The highest BCUT2D eigenvalue weighted by atomic mass is 32.1. The Balaban J connectivity index is 2.05. The minimum absolute atomic E-state index is 0.0111. The lowest BCUT2D eigenvalue weighted by Crippen LogP contribution is -2.54. The van der Waals surface area contributed by atoms with Gasteiger partial charge in [-0.05, 0) is 66.7 Å². The molecule has 0 saturated carbocycles. The molecule has 1 N–H and O–H groups in total. The van der Waals surface area contributed by atoms with Gasteiger partial charge in [-0.25, -0.2) is 0 Å². The van der Waals surface area contributed by atoms with Gasteiger partial charge in [0.25, 0.3) is 11.8 Å². The monoisotopic (exact) mass is 438 g/mol. The quantitative estimate of drug-likeness (QED) is 0.309. The van der Waals surface area contributed by atoms with Gasteiger partial charge in [0.15, 0.2) is 16.6 Å². The number of anilines is 1. The number of methoxy groups -OCH3 is 3. The second-order valence-electron chi connectivity index (χ2n) is 6.56. The summed E-state index contributed by atoms with van der Waals surface area (Å²) < 4.78 is 16.0. The van der Waals surface area contributed by atoms with Crippen molar-refractivity contribution in [1.29, 1.82) is 0 Å². The van der Waals surface area contributed by atoms with Crippen LogP contribution in [-0.4, -0.2) is 38.3 Å². The summed E-state index contributed by atoms with van der Waals surface area (Å²) in [7, 11) is 4.62. The summed E-state index contributed by atoms with van der Waals surface area (Å²) in [6, 6.07) is 10.3. The Morgan fingerprint density at radius 1 is 1.06 bits per heavy atom. The third-order valence-electron chi connectivity index (χ3n) is 4.69. The van der Waals surface area contributed by atoms with Crippen LogP contribution in [-0.2, 0) is 16.0 Å². The minimum Gasteiger partial charge on any atom is -0.497 e. The zero-order chi connectivity index (χ0) is 22.5. The van der Waals surface area contributed by atoms with E-state index >= 15 is 0 Å². The van der Waals surface area contributed by atoms with Gasteiger partial charge in [0.2, 0.25) is 0 Å². The van der Waals surface area contributed by atoms with Crippen LogP contribution in [0.5, 0.6) is 17.2 Å². The maximum atomic E-state index is 13.2. The smallest absolute Gasteiger partial charge is 0.270 e. The molecule has 0 unspecified atom stereocenters. The molecule has 8 heteroatoms. The van der Waals surface area contributed by atoms with E-state index < -0.39 is 11.8 Å². The highest BCUT2D eigenvalue weighted by Crippen LogP contribution is 2.34. The first-order valence-electron chi connectivity index (χ1n) is 9.34. The predicted octanol–water partition coefficient (Wildman–Crippen LogP) is 3.27. The van der Waals surface area contributed by atoms with Gasteiger partial charge < -0.3 is 14.2 Å². The van der Waals surface area contributed by atoms with Gasteiger partial charge in [0, 0.05) is 5.56 Å². The molecule has 2 amide bonds. The van der Waals surface area contributed by atoms with E-state index in [1.54, 1.807) is 50.6 Å². The molecule has 3 rings (SSSR count). The number of carbonyl (C=O) groups is 2. The molecule has 0 bridgehead atoms. The lowest BCUT2D eigenvalue weighted by Gasteiger charge is -2.29. The van der Waals surface area contributed by atoms with Crippen LogP contribution in [0.15, 0.2) is 54.6 Å². The number of nitrogens with zero attached hydrogens (tertiary/aromatic N) is 1. The van der Waals surface area contributed by atoms with E-state index in [4.69, 9.17) is 26.4 Å². The average Bonchev–Trinajstić information content (AvgIpc) is 2.76. The SMILES string of the molecule is C=CCc1cc(/C=C2\C(=O)NC(=S)N(c3ccc(OC)cc3)C2=O)cc(OC)c1OC. The van der Waals surface area contributed by atoms with Gasteiger partial charge in [-0.1, -0.05) is 6.08 Å². The summed E-state index contributed by atoms with van der Waals surface area (Å²) >= 11 is 5.24. The molecule has 1 saturated heterocycles. The van der Waals surface area contributed by atoms with E-state index in [1.165, 1.54) is 18.1 Å². The molecule has 0 spiro atoms. The predicted molar refractivity (Wildman–Crippen MR) is 123 cm³/mol. The van der Waals surface area contributed by atoms with E-state index in [0.29, 0.717) is 34.9 Å². The third-order valence-corrected chi connectivity index (χ3v) is 4.97. The Bertz CT molecular complexity index is 1080. The van der Waals surface area contributed by atoms with Crippen molar-refractivity contribution in [3.8, 4) is 17.2 Å². The summed E-state index contributed by atoms with van der Waals surface area (Å²) in [6.45, 7) is 3.76. The van der Waals surface area contributed by atoms with Crippen molar-refractivity contribution < 1.29 is 23.8 Å². The van der Waals surface area contributed by atoms with Crippen LogP contribution in [0, 0.1) is 0 Å². The molecule has 0 aromatic heterocycles. The van der Waals surface area contributed by atoms with Crippen LogP contribution >= 0.6 is 12.2 Å². The Labute approximate surface area is 185 Å². The zero-order valence-electron chi connectivity index (χ0n) is 17.4. The van der Waals surface area contributed by atoms with E-state index in [9.17, 15) is 9.59 Å². The van der Waals surface area contributed by atoms with E-state index in [0.717, 1.165) is 5.56 Å². The highest BCUT2D eigenvalue weighted by molar-refractivity contribution is 7.80. The van der Waals surface area contributed by atoms with Crippen LogP contribution < -0.4 is 24.4 Å². The van der Waals surface area contributed by atoms with E-state index in [-0.39, 0.29) is 10.7 Å². The van der Waals surface area contributed by atoms with Crippen molar-refractivity contribution >= 4 is 40.9 Å². The largest absolute Gasteiger partial charge is 0.497 e. The van der Waals surface area contributed by atoms with Crippen LogP contribution in [0.25, 0.3) is 6.08 Å². The molecular weight excluding hydrogens is 416 g/mol. The molecule has 1 heterocycles. The van der Waals surface area contributed by atoms with Crippen LogP contribution in [0.1, 0.15) is 11.1 Å². The van der Waals surface area contributed by atoms with Gasteiger partial charge in [-0.2, -0.15) is 0 Å². The second kappa shape index (κ2) is 9.44. The van der Waals surface area contributed by atoms with Crippen LogP contribution in [0.2, 0.25) is 0 Å². The Kier molecular flexibility index (Phi) is 6.71. The van der Waals surface area contributed by atoms with Crippen molar-refractivity contribution in [2.24, 2.45) is 0 Å². The summed E-state index contributed by atoms with van der Waals surface area (Å²) in [6.07, 6.45) is 3.76. The Morgan fingerprint density at radius 3 is 2.35 bits per heavy atom. The average molecular weight is 439 g/mol. The summed E-state index contributed by atoms with van der Waals surface area (Å²) in [4.78, 5) is 27.0. The molecule has 160 valence electrons. The van der Waals surface area contributed by atoms with Crippen molar-refractivity contribution in [3.05, 3.63) is 65.8 Å². The summed E-state index contributed by atoms with van der Waals surface area (Å²) in [5, 5.41) is 2.59. The molecular formula is C23H22N2O5S. The molecule has 2 aromatic carbocycles. The van der Waals surface area contributed by atoms with Gasteiger partial charge in [-0.3, -0.25) is 19.8 Å². The number of thiocarbonyl (C=S) groups is 1. The molecule has 0 aliphatic carbocycles. The van der Waals surface area contributed by atoms with Crippen molar-refractivity contribution in [1.82, 2.24) is 5.32 Å². The minimum atomic E-state index is -0.570. The Morgan fingerprint density at radius 2 is 1.77 bits per heavy atom. The van der Waals surface area contributed by atoms with Crippen molar-refractivity contribution in [2.45, 2.75) is 6.42 Å². The number of ether oxygens (including phenoxy) is 3. The molecule has 7 nitrogen and oxygen atoms in total. The van der Waals surface area contributed by atoms with E-state index in [1.807, 2.05) is 6.07 Å². The van der Waals surface area contributed by atoms with Gasteiger partial charge >= 0.3 is 0 Å². The molecule has 1 aliphatic heterocycles. The zero-order valence-corrected chi connectivity index (χ0v) is 18.2. The fourth-order valence-electron chi connectivity index (χ4n) is 3.25. The molecule has 2 aromatic rings. The fourth-order valence-corrected chi connectivity index (χ4v) is 3.53. The molecule has 0 atom stereocenters. The first-order valence-corrected chi connectivity index (χ1v) is 9.75. The molecule has 1 fully saturated rings. The normalized spacial score (nSPS) is 15.0. The Hall–Kier alpha value is -3.65. The summed E-state index contributed by atoms with van der Waals surface area (Å²) in [5.74, 6) is 0.600. The molecule has 0 radical (unpaired) electrons. The maximum Gasteiger partial charge on any atom is 0.270 e. The number of hydrogen-bond donors (Lipinski definition) is 1. The second-order valence-corrected chi connectivity index (χ2v) is 6.95. The first-order chi connectivity index (χ1) is 14.9. The lowest BCUT2D eigenvalue weighted by atomic mass is 10.0. The standard InChI is InChI=1S/C23H22N2O5S/c1-5-6-15-11-14(13-19(29-3)20(15)30-4)12-18-21(26)24-23(31)25(22(18)27)16-7-9-17(28-2)10-8-16/h5,7-13H,1,6H2,2-4H3,(H,24,26,31)/b18-12+. The molecule has 31 heavy (non-hydrogen) atoms. The number of benzene rings is 2. The number of allylic oxidation sites excluding steroid dienone is 1. The number of carbonyl (C=O) groups excluding carboxylic acids is 2. The fraction of sp³-hybridized carbons (Fsp3) is 0.174. The van der Waals surface area contributed by atoms with Crippen molar-refractivity contribution in [3.63, 3.8) is 0 Å². The van der Waals surface area contributed by atoms with Crippen LogP contribution in [0.4, 0.5) is 5.69 Å². The number of nitrogens with one attached hydrogen (secondary N) is 1. The topological polar surface area (TPSA) is 77.1 Å². The summed E-state index contributed by atoms with van der Waals surface area (Å²) in [5.41, 5.74) is 1.88. The van der Waals surface area contributed by atoms with Gasteiger partial charge in [-0.15, -0.1) is 6.58 Å². The maximum absolute atomic E-state index is 13.2. The van der Waals surface area contributed by atoms with Crippen LogP contribution in [0.3, 0.4) is 0 Å². The lowest BCUT2D eigenvalue weighted by molar-refractivity contribution is -0.122. The van der Waals surface area contributed by atoms with Crippen molar-refractivity contribution in [2.75, 3.05) is 26.2 Å². The van der Waals surface area contributed by atoms with E-state index in [2.05, 4.69) is 11.9 Å². The number of amides is 2. The molecule has 1 aliphatic rings. The number of hydrogen-bond acceptors (Lipinski definition) is 6. The third kappa shape index (κ3) is 4.44. The first kappa shape index (κ1) is 22.0. The van der Waals surface area contributed by atoms with Gasteiger partial charge in [0.1, 0.15) is 11.3 Å².